The number of hydrogen-bond donors (Lipinski definition) is 3. The molecule has 7 nitrogen and oxygen atoms in total. The van der Waals surface area contributed by atoms with E-state index in [4.69, 9.17) is 9.47 Å². The number of rotatable bonds is 8. The van der Waals surface area contributed by atoms with Crippen LogP contribution < -0.4 is 5.32 Å². The van der Waals surface area contributed by atoms with Gasteiger partial charge in [-0.1, -0.05) is 32.1 Å². The molecule has 5 atom stereocenters. The summed E-state index contributed by atoms with van der Waals surface area (Å²) >= 11 is 0. The molecule has 1 aliphatic heterocycles. The Bertz CT molecular complexity index is 845. The molecule has 2 rings (SSSR count). The number of amides is 1. The first-order chi connectivity index (χ1) is 14.3. The van der Waals surface area contributed by atoms with Crippen molar-refractivity contribution in [3.8, 4) is 0 Å². The fourth-order valence-corrected chi connectivity index (χ4v) is 3.82. The van der Waals surface area contributed by atoms with Crippen molar-refractivity contribution in [1.82, 2.24) is 0 Å². The Morgan fingerprint density at radius 2 is 1.81 bits per heavy atom. The first-order valence-corrected chi connectivity index (χ1v) is 10.7. The topological polar surface area (TPSA) is 105 Å². The molecule has 0 radical (unpaired) electrons. The van der Waals surface area contributed by atoms with Crippen molar-refractivity contribution in [3.63, 3.8) is 0 Å². The van der Waals surface area contributed by atoms with Gasteiger partial charge >= 0.3 is 5.97 Å². The van der Waals surface area contributed by atoms with Crippen LogP contribution in [0, 0.1) is 25.7 Å². The Morgan fingerprint density at radius 1 is 1.16 bits per heavy atom. The third kappa shape index (κ3) is 6.63. The number of benzene rings is 1. The highest BCUT2D eigenvalue weighted by Crippen LogP contribution is 2.35. The van der Waals surface area contributed by atoms with Gasteiger partial charge in [0.1, 0.15) is 0 Å². The molecule has 0 aliphatic carbocycles. The van der Waals surface area contributed by atoms with E-state index in [-0.39, 0.29) is 41.5 Å². The largest absolute Gasteiger partial charge is 0.478 e. The molecule has 1 aromatic carbocycles. The van der Waals surface area contributed by atoms with Crippen molar-refractivity contribution >= 4 is 17.6 Å². The second-order valence-electron chi connectivity index (χ2n) is 9.04. The van der Waals surface area contributed by atoms with Crippen molar-refractivity contribution in [2.24, 2.45) is 11.8 Å². The third-order valence-electron chi connectivity index (χ3n) is 5.57. The zero-order valence-electron chi connectivity index (χ0n) is 19.4. The maximum absolute atomic E-state index is 12.8. The molecule has 3 N–H and O–H groups in total. The fraction of sp³-hybridized carbons (Fsp3) is 0.583. The number of aryl methyl sites for hydroxylation is 2. The lowest BCUT2D eigenvalue weighted by molar-refractivity contribution is -0.150. The van der Waals surface area contributed by atoms with Gasteiger partial charge in [0, 0.05) is 5.92 Å². The quantitative estimate of drug-likeness (QED) is 0.534. The summed E-state index contributed by atoms with van der Waals surface area (Å²) < 4.78 is 12.0. The summed E-state index contributed by atoms with van der Waals surface area (Å²) in [4.78, 5) is 24.5. The number of carboxylic acids is 1. The monoisotopic (exact) mass is 433 g/mol. The smallest absolute Gasteiger partial charge is 0.338 e. The molecule has 31 heavy (non-hydrogen) atoms. The minimum absolute atomic E-state index is 0.00136. The van der Waals surface area contributed by atoms with E-state index in [1.165, 1.54) is 0 Å². The predicted octanol–water partition coefficient (Wildman–Crippen LogP) is 4.06. The van der Waals surface area contributed by atoms with E-state index < -0.39 is 24.0 Å². The van der Waals surface area contributed by atoms with Crippen LogP contribution in [0.1, 0.15) is 62.5 Å². The molecule has 0 saturated carbocycles. The van der Waals surface area contributed by atoms with Crippen LogP contribution >= 0.6 is 0 Å². The van der Waals surface area contributed by atoms with Crippen LogP contribution in [0.15, 0.2) is 24.3 Å². The second kappa shape index (κ2) is 9.94. The van der Waals surface area contributed by atoms with Gasteiger partial charge in [0.15, 0.2) is 5.79 Å². The molecule has 1 fully saturated rings. The highest BCUT2D eigenvalue weighted by Gasteiger charge is 2.44. The zero-order chi connectivity index (χ0) is 23.5. The number of nitrogens with one attached hydrogen (secondary N) is 1. The SMILES string of the molecule is Cc1cc(C)c(C(=O)O)c(NC(=O)C[C@H]2OC(C)(C)O[C@@H]2C(C)/C=C\[C@H](C)[C@@H](C)O)c1. The minimum Gasteiger partial charge on any atom is -0.478 e. The van der Waals surface area contributed by atoms with Crippen LogP contribution in [0.3, 0.4) is 0 Å². The molecule has 7 heteroatoms. The lowest BCUT2D eigenvalue weighted by atomic mass is 9.95. The number of carbonyl (C=O) groups is 2. The number of carboxylic acid groups (broad SMARTS) is 1. The molecular formula is C24H35NO6. The minimum atomic E-state index is -1.08. The van der Waals surface area contributed by atoms with Gasteiger partial charge in [-0.2, -0.15) is 0 Å². The number of hydrogen-bond acceptors (Lipinski definition) is 5. The van der Waals surface area contributed by atoms with E-state index in [9.17, 15) is 19.8 Å². The Balaban J connectivity index is 2.16. The van der Waals surface area contributed by atoms with Crippen molar-refractivity contribution < 1.29 is 29.3 Å². The van der Waals surface area contributed by atoms with E-state index in [0.29, 0.717) is 5.56 Å². The van der Waals surface area contributed by atoms with E-state index in [0.717, 1.165) is 5.56 Å². The van der Waals surface area contributed by atoms with Gasteiger partial charge in [0.25, 0.3) is 0 Å². The Morgan fingerprint density at radius 3 is 2.39 bits per heavy atom. The summed E-state index contributed by atoms with van der Waals surface area (Å²) in [5, 5.41) is 22.0. The van der Waals surface area contributed by atoms with Gasteiger partial charge in [0.05, 0.1) is 36.0 Å². The van der Waals surface area contributed by atoms with Crippen molar-refractivity contribution in [1.29, 1.82) is 0 Å². The average molecular weight is 434 g/mol. The summed E-state index contributed by atoms with van der Waals surface area (Å²) in [5.74, 6) is -2.30. The zero-order valence-corrected chi connectivity index (χ0v) is 19.4. The lowest BCUT2D eigenvalue weighted by Gasteiger charge is -2.22. The number of aliphatic hydroxyl groups excluding tert-OH is 1. The average Bonchev–Trinajstić information content (AvgIpc) is 2.92. The molecular weight excluding hydrogens is 398 g/mol. The van der Waals surface area contributed by atoms with Crippen LogP contribution in [0.4, 0.5) is 5.69 Å². The van der Waals surface area contributed by atoms with E-state index >= 15 is 0 Å². The van der Waals surface area contributed by atoms with Gasteiger partial charge in [-0.15, -0.1) is 0 Å². The van der Waals surface area contributed by atoms with Crippen LogP contribution in [0.5, 0.6) is 0 Å². The van der Waals surface area contributed by atoms with Crippen LogP contribution in [-0.2, 0) is 14.3 Å². The number of anilines is 1. The molecule has 172 valence electrons. The Kier molecular flexibility index (Phi) is 8.03. The van der Waals surface area contributed by atoms with Crippen molar-refractivity contribution in [2.75, 3.05) is 5.32 Å². The fourth-order valence-electron chi connectivity index (χ4n) is 3.82. The summed E-state index contributed by atoms with van der Waals surface area (Å²) in [7, 11) is 0. The lowest BCUT2D eigenvalue weighted by Crippen LogP contribution is -2.32. The molecule has 1 unspecified atom stereocenters. The summed E-state index contributed by atoms with van der Waals surface area (Å²) in [6, 6.07) is 3.43. The van der Waals surface area contributed by atoms with Gasteiger partial charge in [0.2, 0.25) is 5.91 Å². The molecule has 0 spiro atoms. The highest BCUT2D eigenvalue weighted by molar-refractivity contribution is 6.01. The molecule has 1 aromatic rings. The Labute approximate surface area is 184 Å². The molecule has 1 aliphatic rings. The maximum Gasteiger partial charge on any atom is 0.338 e. The van der Waals surface area contributed by atoms with Gasteiger partial charge in [-0.05, 0) is 57.7 Å². The number of carbonyl (C=O) groups excluding carboxylic acids is 1. The van der Waals surface area contributed by atoms with Crippen molar-refractivity contribution in [2.45, 2.75) is 79.0 Å². The first-order valence-electron chi connectivity index (χ1n) is 10.7. The normalized spacial score (nSPS) is 23.5. The Hall–Kier alpha value is -2.22. The summed E-state index contributed by atoms with van der Waals surface area (Å²) in [5.41, 5.74) is 1.82. The molecule has 0 aromatic heterocycles. The van der Waals surface area contributed by atoms with Crippen LogP contribution in [0.25, 0.3) is 0 Å². The highest BCUT2D eigenvalue weighted by atomic mass is 16.8. The molecule has 1 saturated heterocycles. The third-order valence-corrected chi connectivity index (χ3v) is 5.57. The second-order valence-corrected chi connectivity index (χ2v) is 9.04. The number of aromatic carboxylic acids is 1. The summed E-state index contributed by atoms with van der Waals surface area (Å²) in [6.07, 6.45) is 2.65. The van der Waals surface area contributed by atoms with Crippen LogP contribution in [0.2, 0.25) is 0 Å². The van der Waals surface area contributed by atoms with E-state index in [1.807, 2.05) is 32.9 Å². The van der Waals surface area contributed by atoms with Crippen molar-refractivity contribution in [3.05, 3.63) is 41.0 Å². The van der Waals surface area contributed by atoms with E-state index in [2.05, 4.69) is 5.32 Å². The first kappa shape index (κ1) is 25.0. The maximum atomic E-state index is 12.8. The summed E-state index contributed by atoms with van der Waals surface area (Å²) in [6.45, 7) is 12.8. The number of ether oxygens (including phenoxy) is 2. The van der Waals surface area contributed by atoms with Gasteiger partial charge in [-0.3, -0.25) is 4.79 Å². The van der Waals surface area contributed by atoms with E-state index in [1.54, 1.807) is 39.8 Å². The van der Waals surface area contributed by atoms with Gasteiger partial charge < -0.3 is 25.0 Å². The molecule has 1 heterocycles. The van der Waals surface area contributed by atoms with Gasteiger partial charge in [-0.25, -0.2) is 4.79 Å². The van der Waals surface area contributed by atoms with Crippen LogP contribution in [-0.4, -0.2) is 46.2 Å². The number of aliphatic hydroxyl groups is 1. The predicted molar refractivity (Wildman–Crippen MR) is 119 cm³/mol. The standard InChI is InChI=1S/C24H35NO6/c1-13-10-16(4)21(23(28)29)18(11-13)25-20(27)12-19-22(31-24(6,7)30-19)15(3)9-8-14(2)17(5)26/h8-11,14-15,17,19,22,26H,12H2,1-7H3,(H,25,27)(H,28,29)/b9-8-/t14-,15?,17+,19+,22+/m0/s1. The molecule has 0 bridgehead atoms. The molecule has 1 amide bonds.